The van der Waals surface area contributed by atoms with Crippen LogP contribution < -0.4 is 4.74 Å². The maximum atomic E-state index is 13.3. The van der Waals surface area contributed by atoms with Gasteiger partial charge in [-0.2, -0.15) is 0 Å². The van der Waals surface area contributed by atoms with Gasteiger partial charge in [-0.05, 0) is 37.3 Å². The Morgan fingerprint density at radius 1 is 1.04 bits per heavy atom. The molecule has 1 atom stereocenters. The Morgan fingerprint density at radius 3 is 2.65 bits per heavy atom. The van der Waals surface area contributed by atoms with Crippen LogP contribution in [0.3, 0.4) is 0 Å². The molecule has 1 aromatic carbocycles. The molecule has 0 unspecified atom stereocenters. The normalized spacial score (nSPS) is 23.1. The van der Waals surface area contributed by atoms with Crippen LogP contribution in [0.15, 0.2) is 29.8 Å². The van der Waals surface area contributed by atoms with E-state index in [4.69, 9.17) is 9.47 Å². The topological polar surface area (TPSA) is 38.8 Å². The zero-order chi connectivity index (χ0) is 17.8. The minimum atomic E-state index is 0.150. The number of ether oxygens (including phenoxy) is 2. The monoisotopic (exact) mass is 355 g/mol. The van der Waals surface area contributed by atoms with Gasteiger partial charge in [-0.3, -0.25) is 4.79 Å². The summed E-state index contributed by atoms with van der Waals surface area (Å²) < 4.78 is 11.4. The van der Waals surface area contributed by atoms with E-state index in [1.54, 1.807) is 0 Å². The van der Waals surface area contributed by atoms with Crippen molar-refractivity contribution in [2.24, 2.45) is 11.8 Å². The van der Waals surface area contributed by atoms with Gasteiger partial charge in [0.1, 0.15) is 12.4 Å². The van der Waals surface area contributed by atoms with Gasteiger partial charge in [0.2, 0.25) is 0 Å². The highest BCUT2D eigenvalue weighted by molar-refractivity contribution is 5.99. The molecule has 1 saturated carbocycles. The summed E-state index contributed by atoms with van der Waals surface area (Å²) in [5.74, 6) is 2.14. The highest BCUT2D eigenvalue weighted by Gasteiger charge is 2.28. The molecule has 3 aliphatic rings. The molecule has 0 aromatic heterocycles. The maximum absolute atomic E-state index is 13.3. The van der Waals surface area contributed by atoms with Crippen LogP contribution in [0.25, 0.3) is 6.08 Å². The fraction of sp³-hybridized carbons (Fsp3) is 0.591. The fourth-order valence-corrected chi connectivity index (χ4v) is 4.40. The van der Waals surface area contributed by atoms with Crippen molar-refractivity contribution in [2.45, 2.75) is 38.5 Å². The quantitative estimate of drug-likeness (QED) is 0.804. The third-order valence-corrected chi connectivity index (χ3v) is 5.90. The molecule has 4 rings (SSSR count). The Hall–Kier alpha value is -1.81. The van der Waals surface area contributed by atoms with Gasteiger partial charge < -0.3 is 14.4 Å². The molecule has 4 nitrogen and oxygen atoms in total. The Labute approximate surface area is 156 Å². The summed E-state index contributed by atoms with van der Waals surface area (Å²) in [6, 6.07) is 7.93. The number of hydrogen-bond donors (Lipinski definition) is 0. The first kappa shape index (κ1) is 17.6. The molecular formula is C22H29NO3. The first-order valence-electron chi connectivity index (χ1n) is 10.1. The van der Waals surface area contributed by atoms with E-state index in [1.807, 2.05) is 30.3 Å². The molecule has 2 heterocycles. The zero-order valence-corrected chi connectivity index (χ0v) is 15.5. The maximum Gasteiger partial charge on any atom is 0.253 e. The molecule has 1 amide bonds. The number of fused-ring (bicyclic) bond motifs is 1. The summed E-state index contributed by atoms with van der Waals surface area (Å²) >= 11 is 0. The van der Waals surface area contributed by atoms with Crippen LogP contribution in [-0.2, 0) is 9.53 Å². The molecule has 0 bridgehead atoms. The van der Waals surface area contributed by atoms with E-state index < -0.39 is 0 Å². The number of benzene rings is 1. The molecule has 140 valence electrons. The van der Waals surface area contributed by atoms with Crippen LogP contribution in [-0.4, -0.2) is 43.7 Å². The second kappa shape index (κ2) is 8.26. The molecular weight excluding hydrogens is 326 g/mol. The Balaban J connectivity index is 1.50. The average Bonchev–Trinajstić information content (AvgIpc) is 3.20. The lowest BCUT2D eigenvalue weighted by atomic mass is 9.88. The van der Waals surface area contributed by atoms with Crippen LogP contribution in [0, 0.1) is 11.8 Å². The van der Waals surface area contributed by atoms with Crippen LogP contribution in [0.2, 0.25) is 0 Å². The minimum absolute atomic E-state index is 0.150. The van der Waals surface area contributed by atoms with E-state index >= 15 is 0 Å². The minimum Gasteiger partial charge on any atom is -0.488 e. The summed E-state index contributed by atoms with van der Waals surface area (Å²) in [5.41, 5.74) is 1.78. The van der Waals surface area contributed by atoms with Gasteiger partial charge in [0.25, 0.3) is 5.91 Å². The molecule has 4 heteroatoms. The van der Waals surface area contributed by atoms with Crippen LogP contribution in [0.4, 0.5) is 0 Å². The highest BCUT2D eigenvalue weighted by Crippen LogP contribution is 2.29. The lowest BCUT2D eigenvalue weighted by molar-refractivity contribution is -0.129. The van der Waals surface area contributed by atoms with E-state index in [1.165, 1.54) is 32.1 Å². The third-order valence-electron chi connectivity index (χ3n) is 5.90. The van der Waals surface area contributed by atoms with Crippen molar-refractivity contribution in [1.29, 1.82) is 0 Å². The van der Waals surface area contributed by atoms with Crippen molar-refractivity contribution >= 4 is 12.0 Å². The standard InChI is InChI=1S/C22H29NO3/c24-22(20-12-19-8-4-5-9-21(19)26-16-20)23(14-18-10-11-25-15-18)13-17-6-2-1-3-7-17/h4-5,8-9,12,17-18H,1-3,6-7,10-11,13-16H2/t18-/m1/s1. The lowest BCUT2D eigenvalue weighted by Crippen LogP contribution is -2.41. The summed E-state index contributed by atoms with van der Waals surface area (Å²) in [4.78, 5) is 15.4. The second-order valence-corrected chi connectivity index (χ2v) is 7.94. The number of amides is 1. The predicted molar refractivity (Wildman–Crippen MR) is 102 cm³/mol. The molecule has 1 saturated heterocycles. The van der Waals surface area contributed by atoms with Crippen molar-refractivity contribution in [1.82, 2.24) is 4.90 Å². The van der Waals surface area contributed by atoms with E-state index in [-0.39, 0.29) is 5.91 Å². The van der Waals surface area contributed by atoms with Gasteiger partial charge in [0.15, 0.2) is 0 Å². The number of hydrogen-bond acceptors (Lipinski definition) is 3. The SMILES string of the molecule is O=C(C1=Cc2ccccc2OC1)N(CC1CCCCC1)C[C@H]1CCOC1. The van der Waals surface area contributed by atoms with Gasteiger partial charge in [-0.25, -0.2) is 0 Å². The Morgan fingerprint density at radius 2 is 1.85 bits per heavy atom. The first-order valence-corrected chi connectivity index (χ1v) is 10.1. The van der Waals surface area contributed by atoms with E-state index in [2.05, 4.69) is 4.90 Å². The largest absolute Gasteiger partial charge is 0.488 e. The summed E-state index contributed by atoms with van der Waals surface area (Å²) in [7, 11) is 0. The van der Waals surface area contributed by atoms with Crippen molar-refractivity contribution in [3.05, 3.63) is 35.4 Å². The fourth-order valence-electron chi connectivity index (χ4n) is 4.40. The Kier molecular flexibility index (Phi) is 5.59. The molecule has 2 fully saturated rings. The molecule has 1 aliphatic carbocycles. The van der Waals surface area contributed by atoms with E-state index in [0.29, 0.717) is 18.4 Å². The second-order valence-electron chi connectivity index (χ2n) is 7.94. The number of para-hydroxylation sites is 1. The number of nitrogens with zero attached hydrogens (tertiary/aromatic N) is 1. The average molecular weight is 355 g/mol. The predicted octanol–water partition coefficient (Wildman–Crippen LogP) is 3.91. The van der Waals surface area contributed by atoms with Gasteiger partial charge in [-0.15, -0.1) is 0 Å². The smallest absolute Gasteiger partial charge is 0.253 e. The summed E-state index contributed by atoms with van der Waals surface area (Å²) in [5, 5.41) is 0. The van der Waals surface area contributed by atoms with Gasteiger partial charge in [-0.1, -0.05) is 37.5 Å². The lowest BCUT2D eigenvalue weighted by Gasteiger charge is -2.32. The number of carbonyl (C=O) groups is 1. The van der Waals surface area contributed by atoms with E-state index in [0.717, 1.165) is 49.6 Å². The van der Waals surface area contributed by atoms with Crippen molar-refractivity contribution in [3.8, 4) is 5.75 Å². The van der Waals surface area contributed by atoms with Crippen LogP contribution in [0.1, 0.15) is 44.1 Å². The summed E-state index contributed by atoms with van der Waals surface area (Å²) in [6.45, 7) is 3.68. The van der Waals surface area contributed by atoms with Crippen molar-refractivity contribution in [2.75, 3.05) is 32.9 Å². The molecule has 0 spiro atoms. The molecule has 2 aliphatic heterocycles. The third kappa shape index (κ3) is 4.12. The van der Waals surface area contributed by atoms with Crippen molar-refractivity contribution in [3.63, 3.8) is 0 Å². The van der Waals surface area contributed by atoms with Gasteiger partial charge in [0.05, 0.1) is 12.2 Å². The van der Waals surface area contributed by atoms with Crippen molar-refractivity contribution < 1.29 is 14.3 Å². The van der Waals surface area contributed by atoms with Crippen LogP contribution >= 0.6 is 0 Å². The molecule has 1 aromatic rings. The van der Waals surface area contributed by atoms with Gasteiger partial charge in [0, 0.05) is 31.2 Å². The van der Waals surface area contributed by atoms with E-state index in [9.17, 15) is 4.79 Å². The first-order chi connectivity index (χ1) is 12.8. The summed E-state index contributed by atoms with van der Waals surface area (Å²) in [6.07, 6.45) is 9.53. The van der Waals surface area contributed by atoms with Gasteiger partial charge >= 0.3 is 0 Å². The molecule has 0 radical (unpaired) electrons. The zero-order valence-electron chi connectivity index (χ0n) is 15.5. The molecule has 26 heavy (non-hydrogen) atoms. The number of rotatable bonds is 5. The molecule has 0 N–H and O–H groups in total. The number of carbonyl (C=O) groups excluding carboxylic acids is 1. The Bertz CT molecular complexity index is 657. The van der Waals surface area contributed by atoms with Crippen LogP contribution in [0.5, 0.6) is 5.75 Å². The highest BCUT2D eigenvalue weighted by atomic mass is 16.5.